The van der Waals surface area contributed by atoms with Gasteiger partial charge in [0.05, 0.1) is 17.4 Å². The number of nitro benzene ring substituents is 1. The lowest BCUT2D eigenvalue weighted by Crippen LogP contribution is -2.28. The molecule has 1 N–H and O–H groups in total. The van der Waals surface area contributed by atoms with Crippen LogP contribution in [0, 0.1) is 16.0 Å². The second kappa shape index (κ2) is 9.39. The average molecular weight is 335 g/mol. The van der Waals surface area contributed by atoms with Gasteiger partial charge in [0.2, 0.25) is 0 Å². The first-order valence-corrected chi connectivity index (χ1v) is 7.66. The van der Waals surface area contributed by atoms with Crippen molar-refractivity contribution in [2.24, 2.45) is 11.0 Å². The minimum atomic E-state index is -0.586. The fourth-order valence-corrected chi connectivity index (χ4v) is 2.07. The lowest BCUT2D eigenvalue weighted by Gasteiger charge is -2.14. The van der Waals surface area contributed by atoms with E-state index < -0.39 is 16.7 Å². The van der Waals surface area contributed by atoms with E-state index in [0.29, 0.717) is 12.1 Å². The molecular weight excluding hydrogens is 314 g/mol. The highest BCUT2D eigenvalue weighted by molar-refractivity contribution is 6.02. The van der Waals surface area contributed by atoms with Crippen LogP contribution < -0.4 is 5.43 Å². The van der Waals surface area contributed by atoms with Crippen molar-refractivity contribution in [1.82, 2.24) is 5.43 Å². The Bertz CT molecular complexity index is 642. The predicted molar refractivity (Wildman–Crippen MR) is 88.7 cm³/mol. The molecule has 8 heteroatoms. The Morgan fingerprint density at radius 3 is 2.67 bits per heavy atom. The maximum Gasteiger partial charge on any atom is 0.314 e. The molecule has 0 radical (unpaired) electrons. The first-order valence-electron chi connectivity index (χ1n) is 7.66. The van der Waals surface area contributed by atoms with Crippen LogP contribution in [-0.4, -0.2) is 29.1 Å². The van der Waals surface area contributed by atoms with Gasteiger partial charge >= 0.3 is 5.97 Å². The van der Waals surface area contributed by atoms with E-state index in [2.05, 4.69) is 10.5 Å². The number of rotatable bonds is 8. The molecule has 1 rings (SSSR count). The summed E-state index contributed by atoms with van der Waals surface area (Å²) in [7, 11) is 0. The van der Waals surface area contributed by atoms with E-state index in [0.717, 1.165) is 12.5 Å². The highest BCUT2D eigenvalue weighted by atomic mass is 16.6. The highest BCUT2D eigenvalue weighted by Gasteiger charge is 2.22. The maximum atomic E-state index is 12.0. The number of hydrazone groups is 1. The summed E-state index contributed by atoms with van der Waals surface area (Å²) < 4.78 is 5.00. The van der Waals surface area contributed by atoms with Crippen molar-refractivity contribution in [2.45, 2.75) is 33.6 Å². The largest absolute Gasteiger partial charge is 0.465 e. The van der Waals surface area contributed by atoms with Crippen LogP contribution in [0.15, 0.2) is 29.4 Å². The summed E-state index contributed by atoms with van der Waals surface area (Å²) in [5, 5.41) is 14.7. The third kappa shape index (κ3) is 5.45. The molecular formula is C16H21N3O5. The van der Waals surface area contributed by atoms with Crippen LogP contribution in [0.3, 0.4) is 0 Å². The maximum absolute atomic E-state index is 12.0. The van der Waals surface area contributed by atoms with E-state index >= 15 is 0 Å². The molecule has 1 amide bonds. The van der Waals surface area contributed by atoms with Crippen molar-refractivity contribution in [3.63, 3.8) is 0 Å². The summed E-state index contributed by atoms with van der Waals surface area (Å²) >= 11 is 0. The van der Waals surface area contributed by atoms with Crippen molar-refractivity contribution in [1.29, 1.82) is 0 Å². The molecule has 0 fully saturated rings. The van der Waals surface area contributed by atoms with Gasteiger partial charge in [0.1, 0.15) is 0 Å². The number of nitrogens with zero attached hydrogens (tertiary/aromatic N) is 2. The van der Waals surface area contributed by atoms with Gasteiger partial charge in [-0.15, -0.1) is 0 Å². The standard InChI is InChI=1S/C16H21N3O5/c1-4-7-14(16(21)24-5-2)11(3)17-18-15(20)12-8-6-9-13(10-12)19(22)23/h6,8-10,14H,4-5,7H2,1-3H3,(H,18,20). The summed E-state index contributed by atoms with van der Waals surface area (Å²) in [6, 6.07) is 5.32. The van der Waals surface area contributed by atoms with Crippen LogP contribution in [0.2, 0.25) is 0 Å². The molecule has 1 unspecified atom stereocenters. The Kier molecular flexibility index (Phi) is 7.54. The number of carbonyl (C=O) groups is 2. The van der Waals surface area contributed by atoms with Gasteiger partial charge in [0.25, 0.3) is 11.6 Å². The number of benzene rings is 1. The van der Waals surface area contributed by atoms with E-state index in [-0.39, 0.29) is 23.8 Å². The fourth-order valence-electron chi connectivity index (χ4n) is 2.07. The molecule has 0 saturated carbocycles. The van der Waals surface area contributed by atoms with Crippen LogP contribution in [0.4, 0.5) is 5.69 Å². The lowest BCUT2D eigenvalue weighted by molar-refractivity contribution is -0.384. The lowest BCUT2D eigenvalue weighted by atomic mass is 9.99. The zero-order chi connectivity index (χ0) is 18.1. The summed E-state index contributed by atoms with van der Waals surface area (Å²) in [5.74, 6) is -1.50. The molecule has 0 aromatic heterocycles. The monoisotopic (exact) mass is 335 g/mol. The number of esters is 1. The minimum Gasteiger partial charge on any atom is -0.465 e. The number of ether oxygens (including phenoxy) is 1. The van der Waals surface area contributed by atoms with E-state index in [1.54, 1.807) is 13.8 Å². The molecule has 1 aromatic rings. The Hall–Kier alpha value is -2.77. The fraction of sp³-hybridized carbons (Fsp3) is 0.438. The van der Waals surface area contributed by atoms with Gasteiger partial charge in [0.15, 0.2) is 0 Å². The average Bonchev–Trinajstić information content (AvgIpc) is 2.57. The molecule has 0 aliphatic heterocycles. The van der Waals surface area contributed by atoms with Gasteiger partial charge in [-0.1, -0.05) is 19.4 Å². The van der Waals surface area contributed by atoms with Crippen molar-refractivity contribution in [3.05, 3.63) is 39.9 Å². The number of carbonyl (C=O) groups excluding carboxylic acids is 2. The van der Waals surface area contributed by atoms with Crippen LogP contribution in [0.25, 0.3) is 0 Å². The van der Waals surface area contributed by atoms with E-state index in [1.807, 2.05) is 6.92 Å². The van der Waals surface area contributed by atoms with Crippen molar-refractivity contribution in [3.8, 4) is 0 Å². The number of non-ortho nitro benzene ring substituents is 1. The molecule has 0 saturated heterocycles. The number of hydrogen-bond donors (Lipinski definition) is 1. The van der Waals surface area contributed by atoms with Gasteiger partial charge in [-0.2, -0.15) is 5.10 Å². The third-order valence-corrected chi connectivity index (χ3v) is 3.31. The zero-order valence-corrected chi connectivity index (χ0v) is 13.9. The molecule has 8 nitrogen and oxygen atoms in total. The molecule has 24 heavy (non-hydrogen) atoms. The van der Waals surface area contributed by atoms with Gasteiger partial charge < -0.3 is 4.74 Å². The predicted octanol–water partition coefficient (Wildman–Crippen LogP) is 2.68. The van der Waals surface area contributed by atoms with Gasteiger partial charge in [0, 0.05) is 23.4 Å². The normalized spacial score (nSPS) is 12.4. The quantitative estimate of drug-likeness (QED) is 0.340. The Labute approximate surface area is 140 Å². The molecule has 1 aromatic carbocycles. The first-order chi connectivity index (χ1) is 11.4. The summed E-state index contributed by atoms with van der Waals surface area (Å²) in [4.78, 5) is 34.1. The molecule has 130 valence electrons. The molecule has 0 bridgehead atoms. The zero-order valence-electron chi connectivity index (χ0n) is 13.9. The Morgan fingerprint density at radius 2 is 2.08 bits per heavy atom. The van der Waals surface area contributed by atoms with Crippen molar-refractivity contribution in [2.75, 3.05) is 6.61 Å². The van der Waals surface area contributed by atoms with E-state index in [1.165, 1.54) is 18.2 Å². The van der Waals surface area contributed by atoms with Crippen LogP contribution in [0.1, 0.15) is 44.0 Å². The Morgan fingerprint density at radius 1 is 1.38 bits per heavy atom. The number of nitrogens with one attached hydrogen (secondary N) is 1. The van der Waals surface area contributed by atoms with Crippen molar-refractivity contribution < 1.29 is 19.2 Å². The molecule has 0 aliphatic rings. The smallest absolute Gasteiger partial charge is 0.314 e. The molecule has 0 aliphatic carbocycles. The number of hydrogen-bond acceptors (Lipinski definition) is 6. The van der Waals surface area contributed by atoms with Gasteiger partial charge in [-0.3, -0.25) is 19.7 Å². The van der Waals surface area contributed by atoms with Crippen LogP contribution >= 0.6 is 0 Å². The van der Waals surface area contributed by atoms with Crippen LogP contribution in [-0.2, 0) is 9.53 Å². The molecule has 1 atom stereocenters. The highest BCUT2D eigenvalue weighted by Crippen LogP contribution is 2.14. The van der Waals surface area contributed by atoms with Gasteiger partial charge in [-0.05, 0) is 26.3 Å². The summed E-state index contributed by atoms with van der Waals surface area (Å²) in [5.41, 5.74) is 2.68. The summed E-state index contributed by atoms with van der Waals surface area (Å²) in [6.07, 6.45) is 1.32. The Balaban J connectivity index is 2.84. The second-order valence-electron chi connectivity index (χ2n) is 5.09. The third-order valence-electron chi connectivity index (χ3n) is 3.31. The van der Waals surface area contributed by atoms with Gasteiger partial charge in [-0.25, -0.2) is 5.43 Å². The van der Waals surface area contributed by atoms with E-state index in [9.17, 15) is 19.7 Å². The van der Waals surface area contributed by atoms with Crippen molar-refractivity contribution >= 4 is 23.3 Å². The number of amides is 1. The summed E-state index contributed by atoms with van der Waals surface area (Å²) in [6.45, 7) is 5.55. The topological polar surface area (TPSA) is 111 Å². The minimum absolute atomic E-state index is 0.115. The SMILES string of the molecule is CCCC(C(=O)OCC)C(C)=NNC(=O)c1cccc([N+](=O)[O-])c1. The van der Waals surface area contributed by atoms with Crippen LogP contribution in [0.5, 0.6) is 0 Å². The second-order valence-corrected chi connectivity index (χ2v) is 5.09. The number of nitro groups is 1. The molecule has 0 heterocycles. The molecule has 0 spiro atoms. The van der Waals surface area contributed by atoms with E-state index in [4.69, 9.17) is 4.74 Å². The first kappa shape index (κ1) is 19.3.